The minimum atomic E-state index is 0.0727. The maximum absolute atomic E-state index is 8.71. The minimum absolute atomic E-state index is 0.0727. The first kappa shape index (κ1) is 12.1. The van der Waals surface area contributed by atoms with Crippen LogP contribution in [0.4, 0.5) is 0 Å². The SMILES string of the molecule is CCCCCc1ccccc1OCCO. The number of aliphatic hydroxyl groups is 1. The number of hydrogen-bond donors (Lipinski definition) is 1. The predicted octanol–water partition coefficient (Wildman–Crippen LogP) is 2.79. The molecule has 0 saturated heterocycles. The zero-order chi connectivity index (χ0) is 10.9. The standard InChI is InChI=1S/C13H20O2/c1-2-3-4-7-12-8-5-6-9-13(12)15-11-10-14/h5-6,8-9,14H,2-4,7,10-11H2,1H3. The van der Waals surface area contributed by atoms with Gasteiger partial charge in [0, 0.05) is 0 Å². The van der Waals surface area contributed by atoms with Crippen LogP contribution in [0.3, 0.4) is 0 Å². The molecule has 0 unspecified atom stereocenters. The molecule has 0 aliphatic heterocycles. The lowest BCUT2D eigenvalue weighted by Crippen LogP contribution is -2.03. The van der Waals surface area contributed by atoms with Crippen molar-refractivity contribution in [2.24, 2.45) is 0 Å². The van der Waals surface area contributed by atoms with E-state index in [0.29, 0.717) is 6.61 Å². The molecule has 0 aromatic heterocycles. The summed E-state index contributed by atoms with van der Waals surface area (Å²) in [6.07, 6.45) is 4.76. The van der Waals surface area contributed by atoms with Crippen LogP contribution in [0.1, 0.15) is 31.7 Å². The molecule has 0 amide bonds. The second-order valence-corrected chi connectivity index (χ2v) is 3.64. The van der Waals surface area contributed by atoms with Crippen LogP contribution in [0.5, 0.6) is 5.75 Å². The smallest absolute Gasteiger partial charge is 0.122 e. The summed E-state index contributed by atoms with van der Waals surface area (Å²) in [6, 6.07) is 8.07. The van der Waals surface area contributed by atoms with Crippen molar-refractivity contribution in [3.8, 4) is 5.75 Å². The first-order valence-electron chi connectivity index (χ1n) is 5.70. The number of para-hydroxylation sites is 1. The van der Waals surface area contributed by atoms with Gasteiger partial charge in [-0.3, -0.25) is 0 Å². The number of rotatable bonds is 7. The number of benzene rings is 1. The fourth-order valence-electron chi connectivity index (χ4n) is 1.57. The number of unbranched alkanes of at least 4 members (excludes halogenated alkanes) is 2. The van der Waals surface area contributed by atoms with Crippen molar-refractivity contribution in [3.05, 3.63) is 29.8 Å². The van der Waals surface area contributed by atoms with E-state index in [9.17, 15) is 0 Å². The Morgan fingerprint density at radius 2 is 2.00 bits per heavy atom. The Hall–Kier alpha value is -1.02. The molecule has 0 saturated carbocycles. The largest absolute Gasteiger partial charge is 0.491 e. The highest BCUT2D eigenvalue weighted by Gasteiger charge is 2.01. The predicted molar refractivity (Wildman–Crippen MR) is 62.3 cm³/mol. The summed E-state index contributed by atoms with van der Waals surface area (Å²) >= 11 is 0. The summed E-state index contributed by atoms with van der Waals surface area (Å²) in [6.45, 7) is 2.66. The zero-order valence-electron chi connectivity index (χ0n) is 9.41. The molecule has 0 bridgehead atoms. The first-order valence-corrected chi connectivity index (χ1v) is 5.70. The lowest BCUT2D eigenvalue weighted by Gasteiger charge is -2.09. The molecular weight excluding hydrogens is 188 g/mol. The van der Waals surface area contributed by atoms with Crippen molar-refractivity contribution in [2.45, 2.75) is 32.6 Å². The van der Waals surface area contributed by atoms with Crippen LogP contribution in [-0.4, -0.2) is 18.3 Å². The van der Waals surface area contributed by atoms with Crippen LogP contribution < -0.4 is 4.74 Å². The van der Waals surface area contributed by atoms with Gasteiger partial charge in [0.1, 0.15) is 12.4 Å². The van der Waals surface area contributed by atoms with Crippen LogP contribution in [0, 0.1) is 0 Å². The molecule has 1 N–H and O–H groups in total. The molecule has 0 aliphatic rings. The van der Waals surface area contributed by atoms with Crippen LogP contribution in [0.2, 0.25) is 0 Å². The van der Waals surface area contributed by atoms with E-state index < -0.39 is 0 Å². The van der Waals surface area contributed by atoms with Gasteiger partial charge in [0.25, 0.3) is 0 Å². The molecule has 0 heterocycles. The van der Waals surface area contributed by atoms with E-state index in [4.69, 9.17) is 9.84 Å². The lowest BCUT2D eigenvalue weighted by atomic mass is 10.1. The molecule has 0 spiro atoms. The number of ether oxygens (including phenoxy) is 1. The highest BCUT2D eigenvalue weighted by atomic mass is 16.5. The Labute approximate surface area is 91.9 Å². The van der Waals surface area contributed by atoms with Crippen molar-refractivity contribution < 1.29 is 9.84 Å². The van der Waals surface area contributed by atoms with E-state index in [0.717, 1.165) is 12.2 Å². The third-order valence-corrected chi connectivity index (χ3v) is 2.37. The molecule has 2 heteroatoms. The fraction of sp³-hybridized carbons (Fsp3) is 0.538. The summed E-state index contributed by atoms with van der Waals surface area (Å²) in [5.41, 5.74) is 1.25. The lowest BCUT2D eigenvalue weighted by molar-refractivity contribution is 0.200. The van der Waals surface area contributed by atoms with Crippen molar-refractivity contribution >= 4 is 0 Å². The van der Waals surface area contributed by atoms with E-state index >= 15 is 0 Å². The van der Waals surface area contributed by atoms with Gasteiger partial charge in [0.15, 0.2) is 0 Å². The molecule has 1 aromatic rings. The van der Waals surface area contributed by atoms with Gasteiger partial charge in [-0.1, -0.05) is 38.0 Å². The monoisotopic (exact) mass is 208 g/mol. The maximum Gasteiger partial charge on any atom is 0.122 e. The normalized spacial score (nSPS) is 10.3. The van der Waals surface area contributed by atoms with Crippen molar-refractivity contribution in [3.63, 3.8) is 0 Å². The Morgan fingerprint density at radius 3 is 2.73 bits per heavy atom. The van der Waals surface area contributed by atoms with Crippen LogP contribution in [0.15, 0.2) is 24.3 Å². The molecule has 84 valence electrons. The van der Waals surface area contributed by atoms with E-state index in [1.165, 1.54) is 24.8 Å². The van der Waals surface area contributed by atoms with Crippen molar-refractivity contribution in [2.75, 3.05) is 13.2 Å². The summed E-state index contributed by atoms with van der Waals surface area (Å²) in [5, 5.41) is 8.71. The summed E-state index contributed by atoms with van der Waals surface area (Å²) in [5.74, 6) is 0.919. The van der Waals surface area contributed by atoms with Crippen molar-refractivity contribution in [1.82, 2.24) is 0 Å². The Balaban J connectivity index is 2.52. The topological polar surface area (TPSA) is 29.5 Å². The number of aryl methyl sites for hydroxylation is 1. The maximum atomic E-state index is 8.71. The molecule has 1 rings (SSSR count). The molecular formula is C13H20O2. The molecule has 0 aliphatic carbocycles. The van der Waals surface area contributed by atoms with E-state index in [1.54, 1.807) is 0 Å². The van der Waals surface area contributed by atoms with Gasteiger partial charge in [-0.15, -0.1) is 0 Å². The Bertz CT molecular complexity index is 271. The van der Waals surface area contributed by atoms with E-state index in [2.05, 4.69) is 13.0 Å². The van der Waals surface area contributed by atoms with Gasteiger partial charge in [-0.05, 0) is 24.5 Å². The Morgan fingerprint density at radius 1 is 1.20 bits per heavy atom. The fourth-order valence-corrected chi connectivity index (χ4v) is 1.57. The zero-order valence-corrected chi connectivity index (χ0v) is 9.41. The quantitative estimate of drug-likeness (QED) is 0.698. The third kappa shape index (κ3) is 4.34. The second-order valence-electron chi connectivity index (χ2n) is 3.64. The number of hydrogen-bond acceptors (Lipinski definition) is 2. The average molecular weight is 208 g/mol. The van der Waals surface area contributed by atoms with Crippen LogP contribution >= 0.6 is 0 Å². The van der Waals surface area contributed by atoms with Gasteiger partial charge in [0.05, 0.1) is 6.61 Å². The van der Waals surface area contributed by atoms with E-state index in [1.807, 2.05) is 18.2 Å². The van der Waals surface area contributed by atoms with Crippen LogP contribution in [-0.2, 0) is 6.42 Å². The highest BCUT2D eigenvalue weighted by molar-refractivity contribution is 5.33. The van der Waals surface area contributed by atoms with Gasteiger partial charge in [0.2, 0.25) is 0 Å². The molecule has 2 nitrogen and oxygen atoms in total. The average Bonchev–Trinajstić information content (AvgIpc) is 2.28. The Kier molecular flexibility index (Phi) is 5.86. The minimum Gasteiger partial charge on any atom is -0.491 e. The van der Waals surface area contributed by atoms with Gasteiger partial charge in [-0.2, -0.15) is 0 Å². The molecule has 15 heavy (non-hydrogen) atoms. The van der Waals surface area contributed by atoms with Crippen molar-refractivity contribution in [1.29, 1.82) is 0 Å². The summed E-state index contributed by atoms with van der Waals surface area (Å²) in [4.78, 5) is 0. The molecule has 0 radical (unpaired) electrons. The van der Waals surface area contributed by atoms with E-state index in [-0.39, 0.29) is 6.61 Å². The van der Waals surface area contributed by atoms with Crippen LogP contribution in [0.25, 0.3) is 0 Å². The van der Waals surface area contributed by atoms with Gasteiger partial charge >= 0.3 is 0 Å². The molecule has 0 fully saturated rings. The molecule has 0 atom stereocenters. The third-order valence-electron chi connectivity index (χ3n) is 2.37. The van der Waals surface area contributed by atoms with Gasteiger partial charge in [-0.25, -0.2) is 0 Å². The summed E-state index contributed by atoms with van der Waals surface area (Å²) < 4.78 is 5.47. The molecule has 1 aromatic carbocycles. The second kappa shape index (κ2) is 7.30. The first-order chi connectivity index (χ1) is 7.38. The number of aliphatic hydroxyl groups excluding tert-OH is 1. The highest BCUT2D eigenvalue weighted by Crippen LogP contribution is 2.20. The summed E-state index contributed by atoms with van der Waals surface area (Å²) in [7, 11) is 0. The van der Waals surface area contributed by atoms with Gasteiger partial charge < -0.3 is 9.84 Å².